The van der Waals surface area contributed by atoms with Gasteiger partial charge in [0.05, 0.1) is 6.04 Å². The van der Waals surface area contributed by atoms with E-state index in [-0.39, 0.29) is 6.04 Å². The number of nitrogens with two attached hydrogens (primary N) is 1. The maximum atomic E-state index is 10.9. The molecule has 0 radical (unpaired) electrons. The number of hydrazine groups is 1. The van der Waals surface area contributed by atoms with Gasteiger partial charge in [-0.3, -0.25) is 5.43 Å². The van der Waals surface area contributed by atoms with Crippen molar-refractivity contribution in [3.63, 3.8) is 0 Å². The van der Waals surface area contributed by atoms with Gasteiger partial charge in [0.25, 0.3) is 0 Å². The summed E-state index contributed by atoms with van der Waals surface area (Å²) in [5.74, 6) is 4.94. The van der Waals surface area contributed by atoms with Crippen molar-refractivity contribution in [2.75, 3.05) is 0 Å². The zero-order chi connectivity index (χ0) is 10.6. The second-order valence-corrected chi connectivity index (χ2v) is 3.33. The molecule has 0 aliphatic rings. The van der Waals surface area contributed by atoms with Crippen LogP contribution in [0.15, 0.2) is 24.3 Å². The molecule has 1 aromatic rings. The Morgan fingerprint density at radius 3 is 2.86 bits per heavy atom. The Bertz CT molecular complexity index is 330. The first-order valence-electron chi connectivity index (χ1n) is 4.16. The van der Waals surface area contributed by atoms with Crippen LogP contribution in [0.3, 0.4) is 0 Å². The van der Waals surface area contributed by atoms with E-state index in [4.69, 9.17) is 17.4 Å². The number of amides is 2. The van der Waals surface area contributed by atoms with Gasteiger partial charge in [-0.15, -0.1) is 0 Å². The fourth-order valence-electron chi connectivity index (χ4n) is 1.10. The molecule has 4 N–H and O–H groups in total. The molecule has 1 aromatic carbocycles. The van der Waals surface area contributed by atoms with Crippen LogP contribution in [0.5, 0.6) is 0 Å². The number of hydrogen-bond acceptors (Lipinski definition) is 2. The zero-order valence-corrected chi connectivity index (χ0v) is 8.51. The van der Waals surface area contributed by atoms with Crippen LogP contribution in [-0.4, -0.2) is 6.03 Å². The van der Waals surface area contributed by atoms with Crippen molar-refractivity contribution in [2.24, 2.45) is 5.84 Å². The van der Waals surface area contributed by atoms with Crippen LogP contribution in [0, 0.1) is 0 Å². The van der Waals surface area contributed by atoms with Crippen LogP contribution in [0.4, 0.5) is 4.79 Å². The molecule has 14 heavy (non-hydrogen) atoms. The summed E-state index contributed by atoms with van der Waals surface area (Å²) in [6, 6.07) is 6.74. The summed E-state index contributed by atoms with van der Waals surface area (Å²) >= 11 is 5.81. The number of benzene rings is 1. The molecule has 0 aliphatic carbocycles. The number of halogens is 1. The Kier molecular flexibility index (Phi) is 3.73. The van der Waals surface area contributed by atoms with Crippen LogP contribution in [0.1, 0.15) is 18.5 Å². The van der Waals surface area contributed by atoms with Crippen molar-refractivity contribution in [3.8, 4) is 0 Å². The maximum absolute atomic E-state index is 10.9. The van der Waals surface area contributed by atoms with E-state index in [0.717, 1.165) is 5.56 Å². The van der Waals surface area contributed by atoms with E-state index in [9.17, 15) is 4.79 Å². The van der Waals surface area contributed by atoms with Crippen LogP contribution in [0.25, 0.3) is 0 Å². The lowest BCUT2D eigenvalue weighted by atomic mass is 10.1. The first kappa shape index (κ1) is 10.8. The molecule has 0 aliphatic heterocycles. The third-order valence-electron chi connectivity index (χ3n) is 1.83. The molecule has 5 heteroatoms. The fourth-order valence-corrected chi connectivity index (χ4v) is 1.30. The van der Waals surface area contributed by atoms with Crippen molar-refractivity contribution < 1.29 is 4.79 Å². The van der Waals surface area contributed by atoms with E-state index in [1.54, 1.807) is 12.1 Å². The number of rotatable bonds is 2. The molecule has 0 spiro atoms. The third kappa shape index (κ3) is 2.90. The third-order valence-corrected chi connectivity index (χ3v) is 2.06. The molecule has 0 aromatic heterocycles. The summed E-state index contributed by atoms with van der Waals surface area (Å²) in [5.41, 5.74) is 2.93. The second kappa shape index (κ2) is 4.83. The van der Waals surface area contributed by atoms with Crippen molar-refractivity contribution in [1.29, 1.82) is 0 Å². The predicted octanol–water partition coefficient (Wildman–Crippen LogP) is 1.57. The summed E-state index contributed by atoms with van der Waals surface area (Å²) in [6.07, 6.45) is 0. The first-order valence-corrected chi connectivity index (χ1v) is 4.54. The summed E-state index contributed by atoms with van der Waals surface area (Å²) < 4.78 is 0. The van der Waals surface area contributed by atoms with Gasteiger partial charge >= 0.3 is 6.03 Å². The smallest absolute Gasteiger partial charge is 0.329 e. The molecule has 1 rings (SSSR count). The van der Waals surface area contributed by atoms with Crippen LogP contribution >= 0.6 is 11.6 Å². The van der Waals surface area contributed by atoms with Crippen molar-refractivity contribution in [1.82, 2.24) is 10.7 Å². The van der Waals surface area contributed by atoms with E-state index in [0.29, 0.717) is 5.02 Å². The number of nitrogens with one attached hydrogen (secondary N) is 2. The molecule has 1 atom stereocenters. The number of hydrogen-bond donors (Lipinski definition) is 3. The van der Waals surface area contributed by atoms with Crippen molar-refractivity contribution >= 4 is 17.6 Å². The molecule has 1 unspecified atom stereocenters. The first-order chi connectivity index (χ1) is 6.63. The van der Waals surface area contributed by atoms with E-state index in [2.05, 4.69) is 5.32 Å². The fraction of sp³-hybridized carbons (Fsp3) is 0.222. The maximum Gasteiger partial charge on any atom is 0.329 e. The lowest BCUT2D eigenvalue weighted by Crippen LogP contribution is -2.40. The highest BCUT2D eigenvalue weighted by molar-refractivity contribution is 6.30. The molecule has 76 valence electrons. The van der Waals surface area contributed by atoms with Gasteiger partial charge in [-0.05, 0) is 24.6 Å². The second-order valence-electron chi connectivity index (χ2n) is 2.89. The van der Waals surface area contributed by atoms with Gasteiger partial charge in [0.1, 0.15) is 0 Å². The highest BCUT2D eigenvalue weighted by atomic mass is 35.5. The average molecular weight is 214 g/mol. The highest BCUT2D eigenvalue weighted by Crippen LogP contribution is 2.16. The Hall–Kier alpha value is -1.26. The van der Waals surface area contributed by atoms with E-state index < -0.39 is 6.03 Å². The van der Waals surface area contributed by atoms with E-state index in [1.165, 1.54) is 0 Å². The standard InChI is InChI=1S/C9H12ClN3O/c1-6(12-9(14)13-11)7-3-2-4-8(10)5-7/h2-6H,11H2,1H3,(H2,12,13,14). The number of urea groups is 1. The minimum Gasteiger partial charge on any atom is -0.331 e. The van der Waals surface area contributed by atoms with Gasteiger partial charge in [0.15, 0.2) is 0 Å². The monoisotopic (exact) mass is 213 g/mol. The molecule has 2 amide bonds. The van der Waals surface area contributed by atoms with Crippen LogP contribution < -0.4 is 16.6 Å². The summed E-state index contributed by atoms with van der Waals surface area (Å²) in [7, 11) is 0. The summed E-state index contributed by atoms with van der Waals surface area (Å²) in [5, 5.41) is 3.28. The lowest BCUT2D eigenvalue weighted by molar-refractivity contribution is 0.238. The Balaban J connectivity index is 2.69. The quantitative estimate of drug-likeness (QED) is 0.397. The number of carbonyl (C=O) groups is 1. The molecular weight excluding hydrogens is 202 g/mol. The van der Waals surface area contributed by atoms with Gasteiger partial charge in [0.2, 0.25) is 0 Å². The van der Waals surface area contributed by atoms with Crippen molar-refractivity contribution in [2.45, 2.75) is 13.0 Å². The van der Waals surface area contributed by atoms with Gasteiger partial charge < -0.3 is 5.32 Å². The SMILES string of the molecule is CC(NC(=O)NN)c1cccc(Cl)c1. The number of carbonyl (C=O) groups excluding carboxylic acids is 1. The van der Waals surface area contributed by atoms with Crippen LogP contribution in [-0.2, 0) is 0 Å². The van der Waals surface area contributed by atoms with E-state index >= 15 is 0 Å². The molecule has 0 fully saturated rings. The molecular formula is C9H12ClN3O. The molecule has 4 nitrogen and oxygen atoms in total. The molecule has 0 saturated heterocycles. The van der Waals surface area contributed by atoms with Gasteiger partial charge in [-0.2, -0.15) is 0 Å². The van der Waals surface area contributed by atoms with Gasteiger partial charge in [0, 0.05) is 5.02 Å². The predicted molar refractivity (Wildman–Crippen MR) is 55.7 cm³/mol. The van der Waals surface area contributed by atoms with E-state index in [1.807, 2.05) is 24.5 Å². The normalized spacial score (nSPS) is 11.9. The minimum atomic E-state index is -0.419. The Morgan fingerprint density at radius 1 is 1.57 bits per heavy atom. The molecule has 0 saturated carbocycles. The summed E-state index contributed by atoms with van der Waals surface area (Å²) in [6.45, 7) is 1.85. The Morgan fingerprint density at radius 2 is 2.29 bits per heavy atom. The topological polar surface area (TPSA) is 67.2 Å². The summed E-state index contributed by atoms with van der Waals surface area (Å²) in [4.78, 5) is 10.9. The minimum absolute atomic E-state index is 0.128. The van der Waals surface area contributed by atoms with Gasteiger partial charge in [-0.1, -0.05) is 23.7 Å². The Labute approximate surface area is 87.4 Å². The van der Waals surface area contributed by atoms with Crippen molar-refractivity contribution in [3.05, 3.63) is 34.9 Å². The lowest BCUT2D eigenvalue weighted by Gasteiger charge is -2.13. The van der Waals surface area contributed by atoms with Crippen LogP contribution in [0.2, 0.25) is 5.02 Å². The molecule has 0 bridgehead atoms. The average Bonchev–Trinajstić information content (AvgIpc) is 2.17. The largest absolute Gasteiger partial charge is 0.331 e. The highest BCUT2D eigenvalue weighted by Gasteiger charge is 2.07. The van der Waals surface area contributed by atoms with Gasteiger partial charge in [-0.25, -0.2) is 10.6 Å². The zero-order valence-electron chi connectivity index (χ0n) is 7.75. The molecule has 0 heterocycles.